The van der Waals surface area contributed by atoms with E-state index in [0.717, 1.165) is 12.8 Å². The van der Waals surface area contributed by atoms with Crippen LogP contribution in [0.4, 0.5) is 0 Å². The van der Waals surface area contributed by atoms with Gasteiger partial charge in [-0.25, -0.2) is 0 Å². The lowest BCUT2D eigenvalue weighted by Crippen LogP contribution is -2.27. The minimum absolute atomic E-state index is 0.234. The highest BCUT2D eigenvalue weighted by molar-refractivity contribution is 5.91. The number of fused-ring (bicyclic) bond motifs is 1. The average molecular weight is 266 g/mol. The van der Waals surface area contributed by atoms with Crippen molar-refractivity contribution in [2.24, 2.45) is 11.1 Å². The number of ether oxygens (including phenoxy) is 2. The topological polar surface area (TPSA) is 66.5 Å². The number of primary amides is 1. The van der Waals surface area contributed by atoms with E-state index in [4.69, 9.17) is 15.2 Å². The first-order valence-electron chi connectivity index (χ1n) is 6.44. The van der Waals surface area contributed by atoms with Gasteiger partial charge in [-0.3, -0.25) is 4.79 Å². The molecular weight excluding hydrogens is 244 g/mol. The van der Waals surface area contributed by atoms with Gasteiger partial charge in [0.2, 0.25) is 0 Å². The molecule has 0 aliphatic heterocycles. The van der Waals surface area contributed by atoms with Crippen molar-refractivity contribution in [2.45, 2.75) is 39.5 Å². The van der Waals surface area contributed by atoms with Crippen molar-refractivity contribution in [2.75, 3.05) is 14.2 Å². The molecule has 106 valence electrons. The van der Waals surface area contributed by atoms with E-state index in [2.05, 4.69) is 13.8 Å². The molecule has 1 aromatic heterocycles. The fourth-order valence-electron chi connectivity index (χ4n) is 2.85. The fourth-order valence-corrected chi connectivity index (χ4v) is 2.85. The van der Waals surface area contributed by atoms with Crippen molar-refractivity contribution in [3.63, 3.8) is 0 Å². The van der Waals surface area contributed by atoms with E-state index < -0.39 is 5.91 Å². The molecule has 0 fully saturated rings. The number of carbonyl (C=O) groups is 1. The van der Waals surface area contributed by atoms with Crippen molar-refractivity contribution >= 4 is 5.91 Å². The van der Waals surface area contributed by atoms with Crippen LogP contribution in [0.15, 0.2) is 6.07 Å². The smallest absolute Gasteiger partial charge is 0.265 e. The van der Waals surface area contributed by atoms with Crippen LogP contribution in [-0.2, 0) is 28.9 Å². The van der Waals surface area contributed by atoms with Gasteiger partial charge in [0.15, 0.2) is 6.29 Å². The Morgan fingerprint density at radius 3 is 2.58 bits per heavy atom. The standard InChI is InChI=1S/C14H22N2O3/c1-14(2)6-9-5-10(13(15)17)16(11(9)7-14)8-12(18-3)19-4/h5,12H,6-8H2,1-4H3,(H2,15,17). The van der Waals surface area contributed by atoms with Crippen molar-refractivity contribution in [3.8, 4) is 0 Å². The number of methoxy groups -OCH3 is 2. The number of aromatic nitrogens is 1. The molecule has 1 aromatic rings. The molecule has 0 aromatic carbocycles. The summed E-state index contributed by atoms with van der Waals surface area (Å²) >= 11 is 0. The van der Waals surface area contributed by atoms with Gasteiger partial charge in [-0.2, -0.15) is 0 Å². The monoisotopic (exact) mass is 266 g/mol. The quantitative estimate of drug-likeness (QED) is 0.818. The molecule has 1 amide bonds. The van der Waals surface area contributed by atoms with Crippen molar-refractivity contribution in [3.05, 3.63) is 23.0 Å². The third-order valence-corrected chi connectivity index (χ3v) is 3.72. The van der Waals surface area contributed by atoms with Gasteiger partial charge >= 0.3 is 0 Å². The van der Waals surface area contributed by atoms with Gasteiger partial charge in [0, 0.05) is 19.9 Å². The maximum atomic E-state index is 11.6. The lowest BCUT2D eigenvalue weighted by molar-refractivity contribution is -0.111. The molecule has 1 aliphatic rings. The summed E-state index contributed by atoms with van der Waals surface area (Å²) in [7, 11) is 3.18. The minimum Gasteiger partial charge on any atom is -0.364 e. The molecule has 5 heteroatoms. The van der Waals surface area contributed by atoms with E-state index in [-0.39, 0.29) is 11.7 Å². The molecular formula is C14H22N2O3. The van der Waals surface area contributed by atoms with Gasteiger partial charge < -0.3 is 19.8 Å². The summed E-state index contributed by atoms with van der Waals surface area (Å²) in [6, 6.07) is 1.91. The molecule has 0 atom stereocenters. The molecule has 0 bridgehead atoms. The van der Waals surface area contributed by atoms with Crippen LogP contribution in [-0.4, -0.2) is 31.0 Å². The Morgan fingerprint density at radius 1 is 1.42 bits per heavy atom. The van der Waals surface area contributed by atoms with Crippen LogP contribution in [0.5, 0.6) is 0 Å². The predicted molar refractivity (Wildman–Crippen MR) is 71.9 cm³/mol. The first-order valence-corrected chi connectivity index (χ1v) is 6.44. The maximum absolute atomic E-state index is 11.6. The molecule has 0 radical (unpaired) electrons. The molecule has 0 spiro atoms. The lowest BCUT2D eigenvalue weighted by Gasteiger charge is -2.20. The fraction of sp³-hybridized carbons (Fsp3) is 0.643. The van der Waals surface area contributed by atoms with Gasteiger partial charge in [-0.15, -0.1) is 0 Å². The minimum atomic E-state index is -0.404. The SMILES string of the molecule is COC(Cn1c(C(N)=O)cc2c1CC(C)(C)C2)OC. The van der Waals surface area contributed by atoms with Crippen LogP contribution in [0.1, 0.15) is 35.6 Å². The first-order chi connectivity index (χ1) is 8.88. The lowest BCUT2D eigenvalue weighted by atomic mass is 9.90. The van der Waals surface area contributed by atoms with Gasteiger partial charge in [-0.1, -0.05) is 13.8 Å². The Hall–Kier alpha value is -1.33. The first kappa shape index (κ1) is 14.1. The van der Waals surface area contributed by atoms with Crippen LogP contribution >= 0.6 is 0 Å². The van der Waals surface area contributed by atoms with Crippen LogP contribution in [0.3, 0.4) is 0 Å². The van der Waals surface area contributed by atoms with Crippen molar-refractivity contribution in [1.29, 1.82) is 0 Å². The number of hydrogen-bond acceptors (Lipinski definition) is 3. The highest BCUT2D eigenvalue weighted by Gasteiger charge is 2.33. The van der Waals surface area contributed by atoms with Crippen LogP contribution in [0, 0.1) is 5.41 Å². The molecule has 1 aliphatic carbocycles. The summed E-state index contributed by atoms with van der Waals surface area (Å²) in [6.07, 6.45) is 1.54. The molecule has 2 N–H and O–H groups in total. The molecule has 0 saturated carbocycles. The summed E-state index contributed by atoms with van der Waals surface area (Å²) in [5.74, 6) is -0.404. The van der Waals surface area contributed by atoms with Crippen LogP contribution in [0.2, 0.25) is 0 Å². The summed E-state index contributed by atoms with van der Waals surface area (Å²) in [6.45, 7) is 4.94. The zero-order valence-electron chi connectivity index (χ0n) is 12.0. The highest BCUT2D eigenvalue weighted by atomic mass is 16.7. The average Bonchev–Trinajstić information content (AvgIpc) is 2.78. The van der Waals surface area contributed by atoms with E-state index in [1.165, 1.54) is 11.3 Å². The second kappa shape index (κ2) is 4.98. The molecule has 2 rings (SSSR count). The number of amides is 1. The number of hydrogen-bond donors (Lipinski definition) is 1. The number of nitrogens with zero attached hydrogens (tertiary/aromatic N) is 1. The van der Waals surface area contributed by atoms with Gasteiger partial charge in [-0.05, 0) is 29.9 Å². The Kier molecular flexibility index (Phi) is 3.69. The van der Waals surface area contributed by atoms with Crippen LogP contribution < -0.4 is 5.73 Å². The van der Waals surface area contributed by atoms with E-state index in [9.17, 15) is 4.79 Å². The molecule has 1 heterocycles. The molecule has 5 nitrogen and oxygen atoms in total. The summed E-state index contributed by atoms with van der Waals surface area (Å²) in [4.78, 5) is 11.6. The number of nitrogens with two attached hydrogens (primary N) is 1. The van der Waals surface area contributed by atoms with Gasteiger partial charge in [0.1, 0.15) is 5.69 Å². The van der Waals surface area contributed by atoms with E-state index >= 15 is 0 Å². The molecule has 0 saturated heterocycles. The largest absolute Gasteiger partial charge is 0.364 e. The van der Waals surface area contributed by atoms with Crippen molar-refractivity contribution < 1.29 is 14.3 Å². The van der Waals surface area contributed by atoms with E-state index in [1.807, 2.05) is 10.6 Å². The Bertz CT molecular complexity index is 487. The zero-order valence-corrected chi connectivity index (χ0v) is 12.0. The summed E-state index contributed by atoms with van der Waals surface area (Å²) < 4.78 is 12.4. The second-order valence-electron chi connectivity index (χ2n) is 5.90. The van der Waals surface area contributed by atoms with Gasteiger partial charge in [0.05, 0.1) is 6.54 Å². The van der Waals surface area contributed by atoms with Gasteiger partial charge in [0.25, 0.3) is 5.91 Å². The predicted octanol–water partition coefficient (Wildman–Crippen LogP) is 1.33. The Labute approximate surface area is 113 Å². The molecule has 19 heavy (non-hydrogen) atoms. The second-order valence-corrected chi connectivity index (χ2v) is 5.90. The van der Waals surface area contributed by atoms with Crippen LogP contribution in [0.25, 0.3) is 0 Å². The maximum Gasteiger partial charge on any atom is 0.265 e. The number of rotatable bonds is 5. The van der Waals surface area contributed by atoms with Crippen molar-refractivity contribution in [1.82, 2.24) is 4.57 Å². The number of carbonyl (C=O) groups excluding carboxylic acids is 1. The molecule has 0 unspecified atom stereocenters. The summed E-state index contributed by atoms with van der Waals surface area (Å²) in [5, 5.41) is 0. The third kappa shape index (κ3) is 2.67. The highest BCUT2D eigenvalue weighted by Crippen LogP contribution is 2.38. The zero-order chi connectivity index (χ0) is 14.2. The summed E-state index contributed by atoms with van der Waals surface area (Å²) in [5.41, 5.74) is 8.63. The Balaban J connectivity index is 2.38. The third-order valence-electron chi connectivity index (χ3n) is 3.72. The Morgan fingerprint density at radius 2 is 2.05 bits per heavy atom. The van der Waals surface area contributed by atoms with E-state index in [0.29, 0.717) is 12.2 Å². The van der Waals surface area contributed by atoms with E-state index in [1.54, 1.807) is 14.2 Å². The normalized spacial score (nSPS) is 16.9.